The van der Waals surface area contributed by atoms with Crippen LogP contribution in [0.2, 0.25) is 0 Å². The predicted octanol–water partition coefficient (Wildman–Crippen LogP) is 1.92. The molecule has 0 aromatic rings. The number of amides is 1. The third kappa shape index (κ3) is 2.44. The van der Waals surface area contributed by atoms with Gasteiger partial charge in [-0.2, -0.15) is 0 Å². The summed E-state index contributed by atoms with van der Waals surface area (Å²) in [6.45, 7) is 2.01. The summed E-state index contributed by atoms with van der Waals surface area (Å²) in [5, 5.41) is 0. The van der Waals surface area contributed by atoms with Gasteiger partial charge in [0.15, 0.2) is 0 Å². The van der Waals surface area contributed by atoms with Crippen molar-refractivity contribution in [3.05, 3.63) is 34.4 Å². The lowest BCUT2D eigenvalue weighted by atomic mass is 9.88. The number of aliphatic imine (C=N–C) groups is 1. The van der Waals surface area contributed by atoms with Crippen molar-refractivity contribution < 1.29 is 14.3 Å². The second-order valence-electron chi connectivity index (χ2n) is 3.56. The van der Waals surface area contributed by atoms with E-state index in [9.17, 15) is 9.59 Å². The van der Waals surface area contributed by atoms with Gasteiger partial charge in [-0.3, -0.25) is 4.79 Å². The average molecular weight is 296 g/mol. The highest BCUT2D eigenvalue weighted by Gasteiger charge is 2.30. The van der Waals surface area contributed by atoms with Gasteiger partial charge in [-0.1, -0.05) is 22.0 Å². The largest absolute Gasteiger partial charge is 0.463 e. The van der Waals surface area contributed by atoms with Gasteiger partial charge in [0.2, 0.25) is 0 Å². The Balaban J connectivity index is 2.36. The van der Waals surface area contributed by atoms with Gasteiger partial charge in [0.1, 0.15) is 0 Å². The Morgan fingerprint density at radius 1 is 1.53 bits per heavy atom. The summed E-state index contributed by atoms with van der Waals surface area (Å²) < 4.78 is 5.78. The normalized spacial score (nSPS) is 22.4. The maximum atomic E-state index is 11.7. The second kappa shape index (κ2) is 4.79. The Morgan fingerprint density at radius 3 is 3.00 bits per heavy atom. The Morgan fingerprint density at radius 2 is 2.29 bits per heavy atom. The zero-order chi connectivity index (χ0) is 12.4. The molecule has 17 heavy (non-hydrogen) atoms. The van der Waals surface area contributed by atoms with Gasteiger partial charge in [-0.25, -0.2) is 9.79 Å². The van der Waals surface area contributed by atoms with E-state index in [0.717, 1.165) is 4.48 Å². The smallest absolute Gasteiger partial charge is 0.335 e. The number of carbonyl (C=O) groups excluding carboxylic acids is 2. The number of carbonyl (C=O) groups is 2. The van der Waals surface area contributed by atoms with Crippen LogP contribution in [0, 0.1) is 5.92 Å². The molecule has 0 saturated heterocycles. The molecule has 88 valence electrons. The summed E-state index contributed by atoms with van der Waals surface area (Å²) in [6.07, 6.45) is 6.58. The highest BCUT2D eigenvalue weighted by molar-refractivity contribution is 9.11. The molecule has 0 spiro atoms. The fourth-order valence-corrected chi connectivity index (χ4v) is 2.10. The molecule has 0 saturated carbocycles. The standard InChI is InChI=1S/C12H10BrNO3/c1-2-17-12(16)9-6-11(15)14-10-4-3-7(13)5-8(9)10/h3-6,8H,2H2,1H3. The molecular weight excluding hydrogens is 286 g/mol. The van der Waals surface area contributed by atoms with Crippen molar-refractivity contribution in [1.29, 1.82) is 0 Å². The highest BCUT2D eigenvalue weighted by Crippen LogP contribution is 2.28. The first-order valence-electron chi connectivity index (χ1n) is 5.18. The topological polar surface area (TPSA) is 55.7 Å². The minimum atomic E-state index is -0.467. The molecule has 1 amide bonds. The lowest BCUT2D eigenvalue weighted by molar-refractivity contribution is -0.139. The molecule has 1 aliphatic heterocycles. The van der Waals surface area contributed by atoms with E-state index in [1.165, 1.54) is 6.08 Å². The van der Waals surface area contributed by atoms with Crippen LogP contribution in [0.1, 0.15) is 6.92 Å². The number of nitrogens with zero attached hydrogens (tertiary/aromatic N) is 1. The first-order chi connectivity index (χ1) is 8.11. The van der Waals surface area contributed by atoms with Crippen molar-refractivity contribution in [3.8, 4) is 0 Å². The molecule has 4 nitrogen and oxygen atoms in total. The van der Waals surface area contributed by atoms with Gasteiger partial charge >= 0.3 is 5.97 Å². The lowest BCUT2D eigenvalue weighted by Crippen LogP contribution is -2.27. The number of fused-ring (bicyclic) bond motifs is 1. The van der Waals surface area contributed by atoms with Gasteiger partial charge in [-0.15, -0.1) is 0 Å². The zero-order valence-electron chi connectivity index (χ0n) is 9.14. The highest BCUT2D eigenvalue weighted by atomic mass is 79.9. The van der Waals surface area contributed by atoms with E-state index in [2.05, 4.69) is 20.9 Å². The minimum Gasteiger partial charge on any atom is -0.463 e. The van der Waals surface area contributed by atoms with E-state index in [1.807, 2.05) is 6.08 Å². The Kier molecular flexibility index (Phi) is 3.38. The summed E-state index contributed by atoms with van der Waals surface area (Å²) in [4.78, 5) is 27.0. The van der Waals surface area contributed by atoms with Crippen LogP contribution in [0.5, 0.6) is 0 Å². The number of dihydropyridines is 1. The monoisotopic (exact) mass is 295 g/mol. The molecule has 5 heteroatoms. The van der Waals surface area contributed by atoms with E-state index in [0.29, 0.717) is 11.3 Å². The Labute approximate surface area is 107 Å². The number of allylic oxidation sites excluding steroid dienone is 4. The summed E-state index contributed by atoms with van der Waals surface area (Å²) >= 11 is 3.34. The SMILES string of the molecule is CCOC(=O)C1=CC(=O)N=C2C=CC(Br)=CC12. The number of hydrogen-bond donors (Lipinski definition) is 0. The third-order valence-electron chi connectivity index (χ3n) is 2.42. The molecule has 0 N–H and O–H groups in total. The van der Waals surface area contributed by atoms with E-state index >= 15 is 0 Å². The van der Waals surface area contributed by atoms with E-state index in [4.69, 9.17) is 4.74 Å². The molecule has 1 unspecified atom stereocenters. The van der Waals surface area contributed by atoms with Crippen LogP contribution >= 0.6 is 15.9 Å². The van der Waals surface area contributed by atoms with Crippen molar-refractivity contribution in [2.24, 2.45) is 10.9 Å². The van der Waals surface area contributed by atoms with E-state index < -0.39 is 11.9 Å². The summed E-state index contributed by atoms with van der Waals surface area (Å²) in [7, 11) is 0. The van der Waals surface area contributed by atoms with Gasteiger partial charge in [0.25, 0.3) is 5.91 Å². The summed E-state index contributed by atoms with van der Waals surface area (Å²) in [5.74, 6) is -1.19. The number of halogens is 1. The molecule has 1 atom stereocenters. The van der Waals surface area contributed by atoms with Crippen molar-refractivity contribution >= 4 is 33.5 Å². The Hall–Kier alpha value is -1.49. The maximum absolute atomic E-state index is 11.7. The van der Waals surface area contributed by atoms with Crippen LogP contribution in [0.4, 0.5) is 0 Å². The van der Waals surface area contributed by atoms with Gasteiger partial charge in [0, 0.05) is 10.6 Å². The number of hydrogen-bond acceptors (Lipinski definition) is 3. The second-order valence-corrected chi connectivity index (χ2v) is 4.47. The van der Waals surface area contributed by atoms with Crippen LogP contribution in [0.3, 0.4) is 0 Å². The van der Waals surface area contributed by atoms with E-state index in [1.54, 1.807) is 19.1 Å². The molecule has 0 fully saturated rings. The maximum Gasteiger partial charge on any atom is 0.335 e. The first-order valence-corrected chi connectivity index (χ1v) is 5.97. The van der Waals surface area contributed by atoms with Crippen molar-refractivity contribution in [3.63, 3.8) is 0 Å². The molecule has 1 aliphatic carbocycles. The minimum absolute atomic E-state index is 0.282. The van der Waals surface area contributed by atoms with Crippen LogP contribution < -0.4 is 0 Å². The molecule has 0 aromatic heterocycles. The van der Waals surface area contributed by atoms with Gasteiger partial charge in [-0.05, 0) is 19.1 Å². The fraction of sp³-hybridized carbons (Fsp3) is 0.250. The van der Waals surface area contributed by atoms with Crippen LogP contribution in [0.15, 0.2) is 39.4 Å². The van der Waals surface area contributed by atoms with E-state index in [-0.39, 0.29) is 12.5 Å². The lowest BCUT2D eigenvalue weighted by Gasteiger charge is -2.21. The number of rotatable bonds is 2. The molecular formula is C12H10BrNO3. The van der Waals surface area contributed by atoms with Crippen molar-refractivity contribution in [1.82, 2.24) is 0 Å². The molecule has 2 rings (SSSR count). The number of esters is 1. The molecule has 0 bridgehead atoms. The predicted molar refractivity (Wildman–Crippen MR) is 66.8 cm³/mol. The first kappa shape index (κ1) is 12.0. The summed E-state index contributed by atoms with van der Waals surface area (Å²) in [5.41, 5.74) is 0.909. The van der Waals surface area contributed by atoms with Gasteiger partial charge < -0.3 is 4.74 Å². The average Bonchev–Trinajstić information content (AvgIpc) is 2.29. The van der Waals surface area contributed by atoms with Crippen LogP contribution in [0.25, 0.3) is 0 Å². The summed E-state index contributed by atoms with van der Waals surface area (Å²) in [6, 6.07) is 0. The molecule has 1 heterocycles. The van der Waals surface area contributed by atoms with Gasteiger partial charge in [0.05, 0.1) is 23.8 Å². The molecule has 2 aliphatic rings. The fourth-order valence-electron chi connectivity index (χ4n) is 1.71. The van der Waals surface area contributed by atoms with Crippen molar-refractivity contribution in [2.45, 2.75) is 6.92 Å². The quantitative estimate of drug-likeness (QED) is 0.732. The van der Waals surface area contributed by atoms with Crippen molar-refractivity contribution in [2.75, 3.05) is 6.61 Å². The Bertz CT molecular complexity index is 500. The van der Waals surface area contributed by atoms with Crippen LogP contribution in [-0.4, -0.2) is 24.2 Å². The third-order valence-corrected chi connectivity index (χ3v) is 2.95. The van der Waals surface area contributed by atoms with Crippen LogP contribution in [-0.2, 0) is 14.3 Å². The number of ether oxygens (including phenoxy) is 1. The zero-order valence-corrected chi connectivity index (χ0v) is 10.7. The molecule has 0 radical (unpaired) electrons. The molecule has 0 aromatic carbocycles.